The molecule has 3 aliphatic heterocycles. The van der Waals surface area contributed by atoms with Gasteiger partial charge in [0, 0.05) is 44.6 Å². The molecule has 0 aliphatic carbocycles. The van der Waals surface area contributed by atoms with Gasteiger partial charge in [0.1, 0.15) is 5.75 Å². The highest BCUT2D eigenvalue weighted by molar-refractivity contribution is 5.30. The maximum Gasteiger partial charge on any atom is 0.225 e. The number of ether oxygens (including phenoxy) is 1. The van der Waals surface area contributed by atoms with Crippen LogP contribution in [0.15, 0.2) is 48.8 Å². The van der Waals surface area contributed by atoms with Crippen molar-refractivity contribution in [2.24, 2.45) is 5.92 Å². The molecular weight excluding hydrogens is 312 g/mol. The maximum absolute atomic E-state index is 5.84. The predicted molar refractivity (Wildman–Crippen MR) is 98.9 cm³/mol. The van der Waals surface area contributed by atoms with Crippen molar-refractivity contribution in [3.8, 4) is 5.75 Å². The summed E-state index contributed by atoms with van der Waals surface area (Å²) in [5.74, 6) is 2.57. The zero-order valence-electron chi connectivity index (χ0n) is 14.6. The van der Waals surface area contributed by atoms with Crippen LogP contribution in [0, 0.1) is 5.92 Å². The van der Waals surface area contributed by atoms with Crippen LogP contribution in [-0.4, -0.2) is 53.7 Å². The van der Waals surface area contributed by atoms with E-state index < -0.39 is 0 Å². The van der Waals surface area contributed by atoms with E-state index in [1.54, 1.807) is 0 Å². The van der Waals surface area contributed by atoms with Crippen molar-refractivity contribution in [3.05, 3.63) is 48.8 Å². The Morgan fingerprint density at radius 1 is 0.960 bits per heavy atom. The van der Waals surface area contributed by atoms with Crippen molar-refractivity contribution in [2.45, 2.75) is 25.3 Å². The van der Waals surface area contributed by atoms with E-state index in [0.717, 1.165) is 50.3 Å². The Hall–Kier alpha value is -2.14. The van der Waals surface area contributed by atoms with Crippen molar-refractivity contribution in [1.82, 2.24) is 14.9 Å². The first-order chi connectivity index (χ1) is 12.4. The zero-order valence-corrected chi connectivity index (χ0v) is 14.6. The second kappa shape index (κ2) is 7.83. The summed E-state index contributed by atoms with van der Waals surface area (Å²) in [4.78, 5) is 13.9. The topological polar surface area (TPSA) is 41.5 Å². The first-order valence-corrected chi connectivity index (χ1v) is 9.32. The third-order valence-corrected chi connectivity index (χ3v) is 5.26. The Morgan fingerprint density at radius 3 is 2.64 bits per heavy atom. The summed E-state index contributed by atoms with van der Waals surface area (Å²) >= 11 is 0. The molecule has 0 saturated carbocycles. The number of rotatable bonds is 6. The van der Waals surface area contributed by atoms with Crippen LogP contribution in [-0.2, 0) is 0 Å². The molecule has 0 amide bonds. The highest BCUT2D eigenvalue weighted by Crippen LogP contribution is 2.29. The van der Waals surface area contributed by atoms with Gasteiger partial charge >= 0.3 is 0 Å². The number of aromatic nitrogens is 2. The first kappa shape index (κ1) is 16.3. The lowest BCUT2D eigenvalue weighted by Gasteiger charge is -2.35. The molecule has 4 heterocycles. The Balaban J connectivity index is 1.30. The summed E-state index contributed by atoms with van der Waals surface area (Å²) in [7, 11) is 0. The molecule has 0 unspecified atom stereocenters. The smallest absolute Gasteiger partial charge is 0.225 e. The van der Waals surface area contributed by atoms with Crippen LogP contribution in [0.2, 0.25) is 0 Å². The van der Waals surface area contributed by atoms with Gasteiger partial charge in [-0.2, -0.15) is 0 Å². The SMILES string of the molecule is c1ccc(OCCCN2C[C@H]3CC[C@@H]2CN(c2ncccn2)C3)cc1. The van der Waals surface area contributed by atoms with Gasteiger partial charge in [-0.15, -0.1) is 0 Å². The van der Waals surface area contributed by atoms with Gasteiger partial charge in [0.25, 0.3) is 0 Å². The van der Waals surface area contributed by atoms with E-state index in [9.17, 15) is 0 Å². The molecule has 0 N–H and O–H groups in total. The van der Waals surface area contributed by atoms with E-state index in [0.29, 0.717) is 6.04 Å². The van der Waals surface area contributed by atoms with E-state index in [1.807, 2.05) is 48.8 Å². The third-order valence-electron chi connectivity index (χ3n) is 5.26. The minimum Gasteiger partial charge on any atom is -0.494 e. The molecule has 0 spiro atoms. The molecule has 0 radical (unpaired) electrons. The van der Waals surface area contributed by atoms with E-state index in [1.165, 1.54) is 19.4 Å². The number of benzene rings is 1. The van der Waals surface area contributed by atoms with Crippen molar-refractivity contribution in [3.63, 3.8) is 0 Å². The van der Waals surface area contributed by atoms with Crippen LogP contribution in [0.25, 0.3) is 0 Å². The van der Waals surface area contributed by atoms with Gasteiger partial charge in [-0.05, 0) is 43.4 Å². The summed E-state index contributed by atoms with van der Waals surface area (Å²) in [5, 5.41) is 0. The number of anilines is 1. The predicted octanol–water partition coefficient (Wildman–Crippen LogP) is 2.85. The van der Waals surface area contributed by atoms with Crippen LogP contribution >= 0.6 is 0 Å². The summed E-state index contributed by atoms with van der Waals surface area (Å²) in [6.45, 7) is 5.21. The number of nitrogens with zero attached hydrogens (tertiary/aromatic N) is 4. The van der Waals surface area contributed by atoms with Crippen LogP contribution in [0.5, 0.6) is 5.75 Å². The van der Waals surface area contributed by atoms with Crippen molar-refractivity contribution in [2.75, 3.05) is 37.7 Å². The van der Waals surface area contributed by atoms with Gasteiger partial charge in [-0.3, -0.25) is 4.90 Å². The van der Waals surface area contributed by atoms with Gasteiger partial charge in [0.05, 0.1) is 6.61 Å². The van der Waals surface area contributed by atoms with Crippen molar-refractivity contribution in [1.29, 1.82) is 0 Å². The second-order valence-electron chi connectivity index (χ2n) is 7.06. The minimum atomic E-state index is 0.610. The largest absolute Gasteiger partial charge is 0.494 e. The number of hydrogen-bond donors (Lipinski definition) is 0. The first-order valence-electron chi connectivity index (χ1n) is 9.32. The van der Waals surface area contributed by atoms with Gasteiger partial charge in [-0.25, -0.2) is 9.97 Å². The second-order valence-corrected chi connectivity index (χ2v) is 7.06. The zero-order chi connectivity index (χ0) is 16.9. The Bertz CT molecular complexity index is 651. The molecule has 5 nitrogen and oxygen atoms in total. The van der Waals surface area contributed by atoms with Gasteiger partial charge in [0.15, 0.2) is 0 Å². The fourth-order valence-electron chi connectivity index (χ4n) is 4.05. The third kappa shape index (κ3) is 4.10. The maximum atomic E-state index is 5.84. The monoisotopic (exact) mass is 338 g/mol. The van der Waals surface area contributed by atoms with E-state index in [4.69, 9.17) is 4.74 Å². The highest BCUT2D eigenvalue weighted by Gasteiger charge is 2.35. The standard InChI is InChI=1S/C20H26N4O/c1-2-6-19(7-3-1)25-13-5-12-23-14-17-8-9-18(23)16-24(15-17)20-21-10-4-11-22-20/h1-4,6-7,10-11,17-18H,5,8-9,12-16H2/t17-,18-/m1/s1. The molecule has 2 aromatic rings. The van der Waals surface area contributed by atoms with Crippen molar-refractivity contribution >= 4 is 5.95 Å². The molecule has 3 fully saturated rings. The van der Waals surface area contributed by atoms with E-state index in [2.05, 4.69) is 19.8 Å². The fourth-order valence-corrected chi connectivity index (χ4v) is 4.05. The molecule has 2 atom stereocenters. The molecule has 25 heavy (non-hydrogen) atoms. The Morgan fingerprint density at radius 2 is 1.80 bits per heavy atom. The van der Waals surface area contributed by atoms with Gasteiger partial charge < -0.3 is 9.64 Å². The number of para-hydroxylation sites is 1. The lowest BCUT2D eigenvalue weighted by molar-refractivity contribution is 0.125. The van der Waals surface area contributed by atoms with Crippen molar-refractivity contribution < 1.29 is 4.74 Å². The minimum absolute atomic E-state index is 0.610. The number of piperidine rings is 1. The lowest BCUT2D eigenvalue weighted by Crippen LogP contribution is -2.44. The molecule has 3 saturated heterocycles. The summed E-state index contributed by atoms with van der Waals surface area (Å²) in [6, 6.07) is 12.6. The average molecular weight is 338 g/mol. The normalized spacial score (nSPS) is 23.4. The summed E-state index contributed by atoms with van der Waals surface area (Å²) in [5.41, 5.74) is 0. The lowest BCUT2D eigenvalue weighted by atomic mass is 9.95. The number of hydrogen-bond acceptors (Lipinski definition) is 5. The molecule has 132 valence electrons. The molecule has 5 rings (SSSR count). The van der Waals surface area contributed by atoms with Gasteiger partial charge in [-0.1, -0.05) is 18.2 Å². The summed E-state index contributed by atoms with van der Waals surface area (Å²) in [6.07, 6.45) is 7.36. The van der Waals surface area contributed by atoms with Crippen LogP contribution in [0.4, 0.5) is 5.95 Å². The molecule has 1 aromatic heterocycles. The molecule has 5 heteroatoms. The van der Waals surface area contributed by atoms with Crippen LogP contribution in [0.1, 0.15) is 19.3 Å². The van der Waals surface area contributed by atoms with Gasteiger partial charge in [0.2, 0.25) is 5.95 Å². The molecular formula is C20H26N4O. The van der Waals surface area contributed by atoms with E-state index >= 15 is 0 Å². The number of fused-ring (bicyclic) bond motifs is 4. The molecule has 2 bridgehead atoms. The van der Waals surface area contributed by atoms with E-state index in [-0.39, 0.29) is 0 Å². The molecule has 1 aromatic carbocycles. The summed E-state index contributed by atoms with van der Waals surface area (Å²) < 4.78 is 5.84. The Labute approximate surface area is 149 Å². The fraction of sp³-hybridized carbons (Fsp3) is 0.500. The average Bonchev–Trinajstić information content (AvgIpc) is 2.99. The van der Waals surface area contributed by atoms with Crippen LogP contribution < -0.4 is 9.64 Å². The quantitative estimate of drug-likeness (QED) is 0.758. The Kier molecular flexibility index (Phi) is 5.11. The highest BCUT2D eigenvalue weighted by atomic mass is 16.5. The van der Waals surface area contributed by atoms with Crippen LogP contribution in [0.3, 0.4) is 0 Å². The molecule has 3 aliphatic rings.